The van der Waals surface area contributed by atoms with Crippen molar-refractivity contribution in [2.75, 3.05) is 0 Å². The lowest BCUT2D eigenvalue weighted by Gasteiger charge is -2.25. The van der Waals surface area contributed by atoms with Gasteiger partial charge in [0.25, 0.3) is 0 Å². The lowest BCUT2D eigenvalue weighted by molar-refractivity contribution is -0.145. The second kappa shape index (κ2) is 9.21. The topological polar surface area (TPSA) is 93.1 Å². The van der Waals surface area contributed by atoms with Gasteiger partial charge in [-0.05, 0) is 55.5 Å². The number of hydrogen-bond acceptors (Lipinski definition) is 6. The fourth-order valence-electron chi connectivity index (χ4n) is 4.86. The predicted octanol–water partition coefficient (Wildman–Crippen LogP) is 4.19. The third kappa shape index (κ3) is 4.73. The Morgan fingerprint density at radius 3 is 2.27 bits per heavy atom. The molecule has 1 aromatic carbocycles. The largest absolute Gasteiger partial charge is 0.451 e. The van der Waals surface area contributed by atoms with Crippen LogP contribution in [-0.4, -0.2) is 45.5 Å². The van der Waals surface area contributed by atoms with E-state index in [4.69, 9.17) is 0 Å². The number of rotatable bonds is 7. The first kappa shape index (κ1) is 25.3. The molecule has 2 aliphatic heterocycles. The number of benzene rings is 1. The highest BCUT2D eigenvalue weighted by Gasteiger charge is 2.58. The maximum absolute atomic E-state index is 14.4. The zero-order valence-corrected chi connectivity index (χ0v) is 19.8. The molecule has 0 unspecified atom stereocenters. The highest BCUT2D eigenvalue weighted by molar-refractivity contribution is 7.89. The van der Waals surface area contributed by atoms with Gasteiger partial charge >= 0.3 is 6.18 Å². The van der Waals surface area contributed by atoms with Crippen LogP contribution in [0.25, 0.3) is 11.1 Å². The third-order valence-electron chi connectivity index (χ3n) is 6.71. The Kier molecular flexibility index (Phi) is 6.31. The SMILES string of the molecule is O=C(CCc1cc(-c2cnc(C(F)(F)F)nc2)c(F)cn1)[C@@H]1C2CC(C2)N1S(=O)(=O)c1ccc(F)cc1. The van der Waals surface area contributed by atoms with Gasteiger partial charge in [0.05, 0.1) is 17.1 Å². The molecule has 2 bridgehead atoms. The number of Topliss-reactive ketones (excluding diaryl/α,β-unsaturated/α-hetero) is 1. The molecule has 0 amide bonds. The highest BCUT2D eigenvalue weighted by atomic mass is 32.2. The number of carbonyl (C=O) groups is 1. The molecule has 1 saturated carbocycles. The van der Waals surface area contributed by atoms with E-state index in [9.17, 15) is 35.2 Å². The molecule has 4 heterocycles. The number of aromatic nitrogens is 3. The molecule has 1 atom stereocenters. The molecular weight excluding hydrogens is 519 g/mol. The molecule has 1 aliphatic carbocycles. The van der Waals surface area contributed by atoms with Crippen LogP contribution in [0.4, 0.5) is 22.0 Å². The van der Waals surface area contributed by atoms with Crippen molar-refractivity contribution in [3.63, 3.8) is 0 Å². The van der Waals surface area contributed by atoms with Gasteiger partial charge in [-0.25, -0.2) is 27.2 Å². The Balaban J connectivity index is 1.32. The van der Waals surface area contributed by atoms with Crippen LogP contribution in [0.1, 0.15) is 30.8 Å². The smallest absolute Gasteiger partial charge is 0.298 e. The van der Waals surface area contributed by atoms with Crippen LogP contribution in [0.5, 0.6) is 0 Å². The Morgan fingerprint density at radius 2 is 1.65 bits per heavy atom. The molecule has 2 saturated heterocycles. The van der Waals surface area contributed by atoms with Crippen LogP contribution in [-0.2, 0) is 27.4 Å². The predicted molar refractivity (Wildman–Crippen MR) is 119 cm³/mol. The van der Waals surface area contributed by atoms with E-state index in [1.807, 2.05) is 0 Å². The van der Waals surface area contributed by atoms with Gasteiger partial charge in [-0.1, -0.05) is 0 Å². The summed E-state index contributed by atoms with van der Waals surface area (Å²) >= 11 is 0. The van der Waals surface area contributed by atoms with Gasteiger partial charge in [-0.3, -0.25) is 9.78 Å². The first-order valence-electron chi connectivity index (χ1n) is 11.3. The van der Waals surface area contributed by atoms with Gasteiger partial charge in [-0.15, -0.1) is 0 Å². The molecule has 7 nitrogen and oxygen atoms in total. The summed E-state index contributed by atoms with van der Waals surface area (Å²) in [6.45, 7) is 0. The molecule has 13 heteroatoms. The van der Waals surface area contributed by atoms with Crippen molar-refractivity contribution in [3.05, 3.63) is 72.1 Å². The van der Waals surface area contributed by atoms with Crippen LogP contribution >= 0.6 is 0 Å². The van der Waals surface area contributed by atoms with E-state index in [0.717, 1.165) is 42.9 Å². The van der Waals surface area contributed by atoms with E-state index in [0.29, 0.717) is 18.5 Å². The van der Waals surface area contributed by atoms with E-state index in [1.54, 1.807) is 0 Å². The average Bonchev–Trinajstić information content (AvgIpc) is 3.41. The highest BCUT2D eigenvalue weighted by Crippen LogP contribution is 2.49. The summed E-state index contributed by atoms with van der Waals surface area (Å²) in [5.41, 5.74) is 0.228. The monoisotopic (exact) mass is 538 g/mol. The number of halogens is 5. The number of sulfonamides is 1. The van der Waals surface area contributed by atoms with Crippen LogP contribution in [0, 0.1) is 17.6 Å². The Labute approximate surface area is 208 Å². The number of fused-ring (bicyclic) bond motifs is 1. The minimum atomic E-state index is -4.74. The van der Waals surface area contributed by atoms with Gasteiger partial charge in [0.2, 0.25) is 15.8 Å². The first-order chi connectivity index (χ1) is 17.4. The summed E-state index contributed by atoms with van der Waals surface area (Å²) in [5.74, 6) is -3.17. The summed E-state index contributed by atoms with van der Waals surface area (Å²) in [7, 11) is -4.02. The quantitative estimate of drug-likeness (QED) is 0.419. The van der Waals surface area contributed by atoms with E-state index in [2.05, 4.69) is 15.0 Å². The summed E-state index contributed by atoms with van der Waals surface area (Å²) in [4.78, 5) is 23.5. The van der Waals surface area contributed by atoms with E-state index in [1.165, 1.54) is 10.4 Å². The molecule has 194 valence electrons. The Hall–Kier alpha value is -3.32. The first-order valence-corrected chi connectivity index (χ1v) is 12.7. The second-order valence-corrected chi connectivity index (χ2v) is 10.9. The van der Waals surface area contributed by atoms with Crippen molar-refractivity contribution in [1.29, 1.82) is 0 Å². The maximum atomic E-state index is 14.4. The molecule has 0 N–H and O–H groups in total. The summed E-state index contributed by atoms with van der Waals surface area (Å²) in [6.07, 6.45) is -1.03. The Bertz CT molecular complexity index is 1440. The number of pyridine rings is 1. The molecule has 6 rings (SSSR count). The minimum absolute atomic E-state index is 0.00802. The van der Waals surface area contributed by atoms with Gasteiger partial charge in [0, 0.05) is 41.7 Å². The lowest BCUT2D eigenvalue weighted by Crippen LogP contribution is -2.41. The fraction of sp³-hybridized carbons (Fsp3) is 0.333. The van der Waals surface area contributed by atoms with E-state index in [-0.39, 0.29) is 46.6 Å². The molecule has 3 fully saturated rings. The molecule has 2 aromatic heterocycles. The number of alkyl halides is 3. The zero-order valence-electron chi connectivity index (χ0n) is 19.0. The molecule has 3 aliphatic rings. The van der Waals surface area contributed by atoms with Crippen LogP contribution in [0.2, 0.25) is 0 Å². The lowest BCUT2D eigenvalue weighted by atomic mass is 9.81. The third-order valence-corrected chi connectivity index (χ3v) is 8.65. The van der Waals surface area contributed by atoms with Gasteiger partial charge in [-0.2, -0.15) is 17.5 Å². The van der Waals surface area contributed by atoms with Gasteiger partial charge < -0.3 is 0 Å². The number of nitrogens with zero attached hydrogens (tertiary/aromatic N) is 4. The maximum Gasteiger partial charge on any atom is 0.451 e. The fourth-order valence-corrected chi connectivity index (χ4v) is 6.74. The number of hydrogen-bond donors (Lipinski definition) is 0. The number of ketones is 1. The molecular formula is C24H19F5N4O3S. The van der Waals surface area contributed by atoms with Gasteiger partial charge in [0.15, 0.2) is 5.78 Å². The van der Waals surface area contributed by atoms with Crippen LogP contribution in [0.3, 0.4) is 0 Å². The molecule has 0 spiro atoms. The minimum Gasteiger partial charge on any atom is -0.298 e. The van der Waals surface area contributed by atoms with Crippen molar-refractivity contribution >= 4 is 15.8 Å². The zero-order chi connectivity index (χ0) is 26.5. The van der Waals surface area contributed by atoms with Crippen molar-refractivity contribution in [2.24, 2.45) is 5.92 Å². The van der Waals surface area contributed by atoms with E-state index >= 15 is 0 Å². The van der Waals surface area contributed by atoms with Crippen molar-refractivity contribution in [2.45, 2.75) is 48.8 Å². The van der Waals surface area contributed by atoms with Gasteiger partial charge in [0.1, 0.15) is 11.6 Å². The van der Waals surface area contributed by atoms with Crippen molar-refractivity contribution in [1.82, 2.24) is 19.3 Å². The van der Waals surface area contributed by atoms with Crippen molar-refractivity contribution in [3.8, 4) is 11.1 Å². The van der Waals surface area contributed by atoms with Crippen LogP contribution in [0.15, 0.2) is 53.8 Å². The molecule has 0 radical (unpaired) electrons. The Morgan fingerprint density at radius 1 is 1.00 bits per heavy atom. The normalized spacial score (nSPS) is 21.6. The summed E-state index contributed by atoms with van der Waals surface area (Å²) < 4.78 is 93.4. The average molecular weight is 538 g/mol. The molecule has 37 heavy (non-hydrogen) atoms. The standard InChI is InChI=1S/C24H19F5N4O3S/c25-15-1-4-18(5-2-15)37(35,36)33-17-7-13(8-17)22(33)21(34)6-3-16-9-19(20(26)12-30-16)14-10-31-23(32-11-14)24(27,28)29/h1-2,4-5,9-13,17,22H,3,6-8H2/t13?,17?,22-/m0/s1. The summed E-state index contributed by atoms with van der Waals surface area (Å²) in [6, 6.07) is 4.56. The number of carbonyl (C=O) groups excluding carboxylic acids is 1. The van der Waals surface area contributed by atoms with Crippen molar-refractivity contribution < 1.29 is 35.2 Å². The summed E-state index contributed by atoms with van der Waals surface area (Å²) in [5, 5.41) is 0. The van der Waals surface area contributed by atoms with E-state index < -0.39 is 39.7 Å². The molecule has 3 aromatic rings. The second-order valence-electron chi connectivity index (χ2n) is 9.03. The van der Waals surface area contributed by atoms with Crippen LogP contribution < -0.4 is 0 Å². The number of aryl methyl sites for hydroxylation is 1.